The molecule has 0 aliphatic carbocycles. The van der Waals surface area contributed by atoms with Gasteiger partial charge < -0.3 is 11.5 Å². The van der Waals surface area contributed by atoms with E-state index in [1.54, 1.807) is 23.5 Å². The summed E-state index contributed by atoms with van der Waals surface area (Å²) in [5.74, 6) is 2.21. The van der Waals surface area contributed by atoms with Crippen molar-refractivity contribution in [3.63, 3.8) is 0 Å². The Hall–Kier alpha value is -0.0400. The lowest BCUT2D eigenvalue weighted by molar-refractivity contribution is -0.117. The molecule has 0 radical (unpaired) electrons. The van der Waals surface area contributed by atoms with Gasteiger partial charge in [0, 0.05) is 12.8 Å². The normalized spacial score (nSPS) is 10.3. The minimum absolute atomic E-state index is 0. The Balaban J connectivity index is -0.000000545. The summed E-state index contributed by atoms with van der Waals surface area (Å²) in [6.45, 7) is 1.65. The molecule has 0 saturated heterocycles. The number of carbonyl (C=O) groups excluding carboxylic acids is 2. The summed E-state index contributed by atoms with van der Waals surface area (Å²) in [7, 11) is 0. The minimum atomic E-state index is 0. The zero-order valence-corrected chi connectivity index (χ0v) is 23.0. The highest BCUT2D eigenvalue weighted by molar-refractivity contribution is 7.99. The van der Waals surface area contributed by atoms with Crippen molar-refractivity contribution >= 4 is 35.1 Å². The molecule has 0 aromatic heterocycles. The molecule has 0 amide bonds. The van der Waals surface area contributed by atoms with Crippen molar-refractivity contribution in [3.05, 3.63) is 0 Å². The molecule has 0 aromatic carbocycles. The first kappa shape index (κ1) is 37.5. The number of Topliss-reactive ketones (excluding diaryl/α,β-unsaturated/α-hetero) is 2. The molecule has 200 valence electrons. The predicted octanol–water partition coefficient (Wildman–Crippen LogP) is 7.41. The molecule has 0 rings (SSSR count). The van der Waals surface area contributed by atoms with Crippen LogP contribution in [0.4, 0.5) is 0 Å². The third kappa shape index (κ3) is 36.7. The summed E-state index contributed by atoms with van der Waals surface area (Å²) in [5.41, 5.74) is 10.8. The number of ketones is 2. The van der Waals surface area contributed by atoms with E-state index < -0.39 is 0 Å². The van der Waals surface area contributed by atoms with E-state index in [2.05, 4.69) is 0 Å². The van der Waals surface area contributed by atoms with Crippen LogP contribution in [0.15, 0.2) is 0 Å². The lowest BCUT2D eigenvalue weighted by Crippen LogP contribution is -2.00. The molecule has 0 unspecified atom stereocenters. The van der Waals surface area contributed by atoms with Gasteiger partial charge >= 0.3 is 0 Å². The van der Waals surface area contributed by atoms with E-state index in [4.69, 9.17) is 11.5 Å². The van der Waals surface area contributed by atoms with Gasteiger partial charge in [-0.05, 0) is 51.3 Å². The molecule has 0 bridgehead atoms. The minimum Gasteiger partial charge on any atom is -0.330 e. The fourth-order valence-corrected chi connectivity index (χ4v) is 4.45. The SMILES string of the molecule is C.CSCC(=O)CCCCCCCCCCCCN.CSCC(=O)CCCCCCCCN. The number of thioether (sulfide) groups is 2. The molecule has 6 heteroatoms. The Labute approximate surface area is 215 Å². The molecule has 33 heavy (non-hydrogen) atoms. The largest absolute Gasteiger partial charge is 0.330 e. The second kappa shape index (κ2) is 34.1. The van der Waals surface area contributed by atoms with Gasteiger partial charge in [0.2, 0.25) is 0 Å². The van der Waals surface area contributed by atoms with Crippen molar-refractivity contribution in [1.29, 1.82) is 0 Å². The molecule has 0 aromatic rings. The van der Waals surface area contributed by atoms with Gasteiger partial charge in [-0.15, -0.1) is 0 Å². The molecule has 0 fully saturated rings. The monoisotopic (exact) mass is 506 g/mol. The number of hydrogen-bond donors (Lipinski definition) is 2. The Morgan fingerprint density at radius 3 is 0.970 bits per heavy atom. The van der Waals surface area contributed by atoms with Crippen LogP contribution in [0, 0.1) is 0 Å². The van der Waals surface area contributed by atoms with E-state index >= 15 is 0 Å². The van der Waals surface area contributed by atoms with E-state index in [-0.39, 0.29) is 7.43 Å². The van der Waals surface area contributed by atoms with Crippen LogP contribution in [0.2, 0.25) is 0 Å². The van der Waals surface area contributed by atoms with Gasteiger partial charge in [0.25, 0.3) is 0 Å². The van der Waals surface area contributed by atoms with Crippen molar-refractivity contribution in [2.45, 2.75) is 123 Å². The second-order valence-corrected chi connectivity index (χ2v) is 10.4. The summed E-state index contributed by atoms with van der Waals surface area (Å²) in [4.78, 5) is 22.4. The quantitative estimate of drug-likeness (QED) is 0.133. The standard InChI is InChI=1S/C15H31NOS.C11H23NOS.CH4/c1-18-14-15(17)12-10-8-6-4-2-3-5-7-9-11-13-16;1-14-10-11(13)8-6-4-2-3-5-7-9-12;/h2-14,16H2,1H3;2-10,12H2,1H3;1H4. The van der Waals surface area contributed by atoms with Crippen LogP contribution in [0.3, 0.4) is 0 Å². The first-order valence-corrected chi connectivity index (χ1v) is 15.8. The number of unbranched alkanes of at least 4 members (excludes halogenated alkanes) is 14. The fraction of sp³-hybridized carbons (Fsp3) is 0.926. The summed E-state index contributed by atoms with van der Waals surface area (Å²) in [6.07, 6.45) is 25.6. The summed E-state index contributed by atoms with van der Waals surface area (Å²) < 4.78 is 0. The molecular weight excluding hydrogens is 448 g/mol. The Kier molecular flexibility index (Phi) is 38.8. The van der Waals surface area contributed by atoms with Gasteiger partial charge in [-0.1, -0.05) is 84.5 Å². The van der Waals surface area contributed by atoms with Gasteiger partial charge in [0.1, 0.15) is 11.6 Å². The molecular formula is C27H58N2O2S2. The van der Waals surface area contributed by atoms with Crippen LogP contribution in [-0.2, 0) is 9.59 Å². The van der Waals surface area contributed by atoms with E-state index in [1.165, 1.54) is 83.5 Å². The molecule has 4 N–H and O–H groups in total. The zero-order chi connectivity index (χ0) is 24.1. The van der Waals surface area contributed by atoms with Crippen molar-refractivity contribution in [2.75, 3.05) is 37.1 Å². The molecule has 0 heterocycles. The van der Waals surface area contributed by atoms with Crippen molar-refractivity contribution in [2.24, 2.45) is 11.5 Å². The summed E-state index contributed by atoms with van der Waals surface area (Å²) in [5, 5.41) is 0. The maximum atomic E-state index is 11.3. The third-order valence-corrected chi connectivity index (χ3v) is 6.65. The van der Waals surface area contributed by atoms with Crippen molar-refractivity contribution in [3.8, 4) is 0 Å². The molecule has 0 aliphatic heterocycles. The van der Waals surface area contributed by atoms with E-state index in [9.17, 15) is 9.59 Å². The Bertz CT molecular complexity index is 396. The first-order valence-electron chi connectivity index (χ1n) is 13.0. The highest BCUT2D eigenvalue weighted by Gasteiger charge is 2.00. The smallest absolute Gasteiger partial charge is 0.142 e. The van der Waals surface area contributed by atoms with Crippen LogP contribution in [0.25, 0.3) is 0 Å². The van der Waals surface area contributed by atoms with Crippen LogP contribution < -0.4 is 11.5 Å². The average Bonchev–Trinajstić information content (AvgIpc) is 2.78. The number of rotatable bonds is 24. The Morgan fingerprint density at radius 1 is 0.485 bits per heavy atom. The highest BCUT2D eigenvalue weighted by Crippen LogP contribution is 2.12. The van der Waals surface area contributed by atoms with Gasteiger partial charge in [0.05, 0.1) is 11.5 Å². The maximum absolute atomic E-state index is 11.3. The van der Waals surface area contributed by atoms with E-state index in [1.807, 2.05) is 12.5 Å². The molecule has 0 spiro atoms. The molecule has 0 aliphatic rings. The lowest BCUT2D eigenvalue weighted by Gasteiger charge is -2.02. The van der Waals surface area contributed by atoms with E-state index in [0.29, 0.717) is 23.1 Å². The topological polar surface area (TPSA) is 86.2 Å². The third-order valence-electron chi connectivity index (χ3n) is 5.43. The van der Waals surface area contributed by atoms with Crippen molar-refractivity contribution < 1.29 is 9.59 Å². The van der Waals surface area contributed by atoms with E-state index in [0.717, 1.165) is 45.2 Å². The average molecular weight is 507 g/mol. The van der Waals surface area contributed by atoms with Gasteiger partial charge in [-0.3, -0.25) is 9.59 Å². The van der Waals surface area contributed by atoms with Crippen molar-refractivity contribution in [1.82, 2.24) is 0 Å². The summed E-state index contributed by atoms with van der Waals surface area (Å²) in [6, 6.07) is 0. The van der Waals surface area contributed by atoms with Crippen LogP contribution in [0.1, 0.15) is 123 Å². The van der Waals surface area contributed by atoms with Crippen LogP contribution >= 0.6 is 23.5 Å². The summed E-state index contributed by atoms with van der Waals surface area (Å²) >= 11 is 3.26. The molecule has 0 atom stereocenters. The zero-order valence-electron chi connectivity index (χ0n) is 21.3. The number of hydrogen-bond acceptors (Lipinski definition) is 6. The molecule has 4 nitrogen and oxygen atoms in total. The van der Waals surface area contributed by atoms with Crippen LogP contribution in [0.5, 0.6) is 0 Å². The number of carbonyl (C=O) groups is 2. The highest BCUT2D eigenvalue weighted by atomic mass is 32.2. The lowest BCUT2D eigenvalue weighted by atomic mass is 10.1. The van der Waals surface area contributed by atoms with Crippen LogP contribution in [-0.4, -0.2) is 48.7 Å². The van der Waals surface area contributed by atoms with Gasteiger partial charge in [0.15, 0.2) is 0 Å². The fourth-order valence-electron chi connectivity index (χ4n) is 3.52. The second-order valence-electron chi connectivity index (χ2n) is 8.68. The number of nitrogens with two attached hydrogens (primary N) is 2. The van der Waals surface area contributed by atoms with Gasteiger partial charge in [-0.25, -0.2) is 0 Å². The Morgan fingerprint density at radius 2 is 0.727 bits per heavy atom. The predicted molar refractivity (Wildman–Crippen MR) is 155 cm³/mol. The van der Waals surface area contributed by atoms with Gasteiger partial charge in [-0.2, -0.15) is 23.5 Å². The first-order chi connectivity index (χ1) is 15.6. The molecule has 0 saturated carbocycles. The maximum Gasteiger partial charge on any atom is 0.142 e.